The largest absolute Gasteiger partial charge is 0.487 e. The zero-order chi connectivity index (χ0) is 14.3. The molecule has 0 aliphatic rings. The van der Waals surface area contributed by atoms with Gasteiger partial charge < -0.3 is 10.1 Å². The summed E-state index contributed by atoms with van der Waals surface area (Å²) in [7, 11) is 0. The summed E-state index contributed by atoms with van der Waals surface area (Å²) in [4.78, 5) is 10.8. The van der Waals surface area contributed by atoms with E-state index in [-0.39, 0.29) is 10.6 Å². The summed E-state index contributed by atoms with van der Waals surface area (Å²) < 4.78 is 5.32. The first-order valence-corrected chi connectivity index (χ1v) is 6.78. The summed E-state index contributed by atoms with van der Waals surface area (Å²) in [5, 5.41) is 14.4. The zero-order valence-electron chi connectivity index (χ0n) is 11.8. The van der Waals surface area contributed by atoms with E-state index in [2.05, 4.69) is 19.2 Å². The van der Waals surface area contributed by atoms with Crippen molar-refractivity contribution in [1.29, 1.82) is 0 Å². The van der Waals surface area contributed by atoms with Crippen LogP contribution in [0.1, 0.15) is 33.6 Å². The maximum absolute atomic E-state index is 11.2. The van der Waals surface area contributed by atoms with Crippen molar-refractivity contribution in [3.8, 4) is 5.75 Å². The Morgan fingerprint density at radius 3 is 2.53 bits per heavy atom. The van der Waals surface area contributed by atoms with Crippen LogP contribution in [0.2, 0.25) is 0 Å². The molecule has 1 aromatic carbocycles. The van der Waals surface area contributed by atoms with E-state index in [0.29, 0.717) is 24.0 Å². The van der Waals surface area contributed by atoms with E-state index in [1.54, 1.807) is 18.2 Å². The third kappa shape index (κ3) is 4.12. The first kappa shape index (κ1) is 15.3. The molecule has 0 spiro atoms. The molecular weight excluding hydrogens is 244 g/mol. The van der Waals surface area contributed by atoms with E-state index in [0.717, 1.165) is 19.4 Å². The van der Waals surface area contributed by atoms with Crippen molar-refractivity contribution < 1.29 is 9.66 Å². The molecule has 0 saturated heterocycles. The Balaban J connectivity index is 2.93. The van der Waals surface area contributed by atoms with Crippen LogP contribution in [0.25, 0.3) is 0 Å². The third-order valence-corrected chi connectivity index (χ3v) is 3.22. The van der Waals surface area contributed by atoms with E-state index in [4.69, 9.17) is 4.74 Å². The summed E-state index contributed by atoms with van der Waals surface area (Å²) >= 11 is 0. The van der Waals surface area contributed by atoms with Gasteiger partial charge in [-0.05, 0) is 25.0 Å². The summed E-state index contributed by atoms with van der Waals surface area (Å²) in [6.07, 6.45) is 2.12. The average molecular weight is 266 g/mol. The zero-order valence-corrected chi connectivity index (χ0v) is 11.8. The van der Waals surface area contributed by atoms with Crippen LogP contribution in [-0.2, 0) is 0 Å². The molecule has 0 atom stereocenters. The van der Waals surface area contributed by atoms with Crippen LogP contribution in [0.3, 0.4) is 0 Å². The van der Waals surface area contributed by atoms with Crippen molar-refractivity contribution in [2.24, 2.45) is 5.92 Å². The number of nitrogens with one attached hydrogen (secondary N) is 1. The fourth-order valence-electron chi connectivity index (χ4n) is 1.96. The lowest BCUT2D eigenvalue weighted by molar-refractivity contribution is -0.384. The Kier molecular flexibility index (Phi) is 6.12. The van der Waals surface area contributed by atoms with E-state index >= 15 is 0 Å². The Bertz CT molecular complexity index is 417. The molecule has 1 rings (SSSR count). The van der Waals surface area contributed by atoms with Crippen molar-refractivity contribution in [1.82, 2.24) is 0 Å². The molecule has 5 heteroatoms. The second-order valence-electron chi connectivity index (χ2n) is 4.41. The smallest absolute Gasteiger partial charge is 0.333 e. The van der Waals surface area contributed by atoms with Gasteiger partial charge in [-0.2, -0.15) is 0 Å². The Hall–Kier alpha value is -1.78. The number of anilines is 1. The molecule has 0 bridgehead atoms. The SMILES string of the molecule is CCOc1cccc(NCC(CC)CC)c1[N+](=O)[O-]. The van der Waals surface area contributed by atoms with E-state index in [1.165, 1.54) is 0 Å². The minimum Gasteiger partial charge on any atom is -0.487 e. The molecule has 5 nitrogen and oxygen atoms in total. The summed E-state index contributed by atoms with van der Waals surface area (Å²) in [5.74, 6) is 0.845. The minimum absolute atomic E-state index is 0.0234. The van der Waals surface area contributed by atoms with Crippen LogP contribution < -0.4 is 10.1 Å². The van der Waals surface area contributed by atoms with Crippen LogP contribution >= 0.6 is 0 Å². The topological polar surface area (TPSA) is 64.4 Å². The maximum Gasteiger partial charge on any atom is 0.333 e. The maximum atomic E-state index is 11.2. The molecule has 0 saturated carbocycles. The van der Waals surface area contributed by atoms with Crippen LogP contribution in [0, 0.1) is 16.0 Å². The molecule has 0 radical (unpaired) electrons. The van der Waals surface area contributed by atoms with Gasteiger partial charge in [0.2, 0.25) is 0 Å². The number of ether oxygens (including phenoxy) is 1. The van der Waals surface area contributed by atoms with Crippen molar-refractivity contribution in [3.05, 3.63) is 28.3 Å². The lowest BCUT2D eigenvalue weighted by atomic mass is 10.0. The Morgan fingerprint density at radius 2 is 2.00 bits per heavy atom. The molecule has 0 unspecified atom stereocenters. The predicted octanol–water partition coefficient (Wildman–Crippen LogP) is 3.84. The number of rotatable bonds is 8. The number of benzene rings is 1. The highest BCUT2D eigenvalue weighted by molar-refractivity contribution is 5.68. The number of para-hydroxylation sites is 1. The van der Waals surface area contributed by atoms with Gasteiger partial charge in [-0.15, -0.1) is 0 Å². The van der Waals surface area contributed by atoms with E-state index < -0.39 is 0 Å². The first-order chi connectivity index (χ1) is 9.13. The number of hydrogen-bond acceptors (Lipinski definition) is 4. The summed E-state index contributed by atoms with van der Waals surface area (Å²) in [6, 6.07) is 5.13. The van der Waals surface area contributed by atoms with Crippen molar-refractivity contribution in [2.75, 3.05) is 18.5 Å². The van der Waals surface area contributed by atoms with Crippen LogP contribution in [0.4, 0.5) is 11.4 Å². The Morgan fingerprint density at radius 1 is 1.32 bits per heavy atom. The van der Waals surface area contributed by atoms with E-state index in [9.17, 15) is 10.1 Å². The lowest BCUT2D eigenvalue weighted by Crippen LogP contribution is -2.14. The standard InChI is InChI=1S/C14H22N2O3/c1-4-11(5-2)10-15-12-8-7-9-13(19-6-3)14(12)16(17)18/h7-9,11,15H,4-6,10H2,1-3H3. The number of nitrogens with zero attached hydrogens (tertiary/aromatic N) is 1. The average Bonchev–Trinajstić information content (AvgIpc) is 2.40. The highest BCUT2D eigenvalue weighted by Crippen LogP contribution is 2.34. The molecule has 0 amide bonds. The van der Waals surface area contributed by atoms with Crippen LogP contribution in [0.5, 0.6) is 5.75 Å². The summed E-state index contributed by atoms with van der Waals surface area (Å²) in [6.45, 7) is 7.22. The molecule has 19 heavy (non-hydrogen) atoms. The number of nitro groups is 1. The monoisotopic (exact) mass is 266 g/mol. The second-order valence-corrected chi connectivity index (χ2v) is 4.41. The Labute approximate surface area is 114 Å². The first-order valence-electron chi connectivity index (χ1n) is 6.78. The van der Waals surface area contributed by atoms with Gasteiger partial charge in [-0.1, -0.05) is 32.8 Å². The highest BCUT2D eigenvalue weighted by atomic mass is 16.6. The lowest BCUT2D eigenvalue weighted by Gasteiger charge is -2.15. The van der Waals surface area contributed by atoms with Gasteiger partial charge in [0.05, 0.1) is 11.5 Å². The molecule has 0 heterocycles. The number of hydrogen-bond donors (Lipinski definition) is 1. The van der Waals surface area contributed by atoms with Gasteiger partial charge in [0.25, 0.3) is 0 Å². The van der Waals surface area contributed by atoms with E-state index in [1.807, 2.05) is 6.92 Å². The van der Waals surface area contributed by atoms with Gasteiger partial charge in [0, 0.05) is 6.54 Å². The minimum atomic E-state index is -0.389. The fourth-order valence-corrected chi connectivity index (χ4v) is 1.96. The van der Waals surface area contributed by atoms with Gasteiger partial charge in [0.15, 0.2) is 5.75 Å². The third-order valence-electron chi connectivity index (χ3n) is 3.22. The van der Waals surface area contributed by atoms with Gasteiger partial charge in [-0.25, -0.2) is 0 Å². The number of nitro benzene ring substituents is 1. The molecule has 0 aliphatic carbocycles. The highest BCUT2D eigenvalue weighted by Gasteiger charge is 2.21. The molecule has 0 fully saturated rings. The summed E-state index contributed by atoms with van der Waals surface area (Å²) in [5.41, 5.74) is 0.554. The normalized spacial score (nSPS) is 10.5. The van der Waals surface area contributed by atoms with Gasteiger partial charge in [-0.3, -0.25) is 10.1 Å². The molecular formula is C14H22N2O3. The van der Waals surface area contributed by atoms with Crippen LogP contribution in [-0.4, -0.2) is 18.1 Å². The quantitative estimate of drug-likeness (QED) is 0.573. The van der Waals surface area contributed by atoms with Gasteiger partial charge >= 0.3 is 5.69 Å². The van der Waals surface area contributed by atoms with Crippen LogP contribution in [0.15, 0.2) is 18.2 Å². The van der Waals surface area contributed by atoms with Crippen molar-refractivity contribution in [3.63, 3.8) is 0 Å². The molecule has 0 aliphatic heterocycles. The van der Waals surface area contributed by atoms with Crippen molar-refractivity contribution in [2.45, 2.75) is 33.6 Å². The second kappa shape index (κ2) is 7.61. The molecule has 0 aromatic heterocycles. The van der Waals surface area contributed by atoms with Gasteiger partial charge in [0.1, 0.15) is 5.69 Å². The molecule has 1 N–H and O–H groups in total. The predicted molar refractivity (Wildman–Crippen MR) is 76.8 cm³/mol. The molecule has 1 aromatic rings. The fraction of sp³-hybridized carbons (Fsp3) is 0.571. The van der Waals surface area contributed by atoms with Crippen molar-refractivity contribution >= 4 is 11.4 Å². The molecule has 106 valence electrons.